The van der Waals surface area contributed by atoms with Crippen LogP contribution in [0.5, 0.6) is 11.5 Å². The maximum atomic E-state index is 12.2. The van der Waals surface area contributed by atoms with Crippen molar-refractivity contribution in [2.75, 3.05) is 20.2 Å². The molecule has 0 saturated carbocycles. The molecule has 0 atom stereocenters. The average Bonchev–Trinajstić information content (AvgIpc) is 2.24. The van der Waals surface area contributed by atoms with E-state index in [1.54, 1.807) is 19.2 Å². The van der Waals surface area contributed by atoms with Gasteiger partial charge in [0, 0.05) is 6.54 Å². The molecule has 6 heteroatoms. The first-order valence-corrected chi connectivity index (χ1v) is 6.34. The van der Waals surface area contributed by atoms with Crippen LogP contribution >= 0.6 is 15.9 Å². The van der Waals surface area contributed by atoms with Crippen molar-refractivity contribution in [1.29, 1.82) is 0 Å². The van der Waals surface area contributed by atoms with Crippen LogP contribution in [0.4, 0.5) is 8.78 Å². The van der Waals surface area contributed by atoms with Crippen LogP contribution in [0.15, 0.2) is 16.6 Å². The Hall–Kier alpha value is -0.880. The van der Waals surface area contributed by atoms with Crippen molar-refractivity contribution in [2.24, 2.45) is 0 Å². The molecule has 1 N–H and O–H groups in total. The highest BCUT2D eigenvalue weighted by molar-refractivity contribution is 9.10. The summed E-state index contributed by atoms with van der Waals surface area (Å²) in [6.07, 6.45) is -2.36. The minimum absolute atomic E-state index is 0.0251. The predicted molar refractivity (Wildman–Crippen MR) is 69.3 cm³/mol. The Balaban J connectivity index is 2.83. The maximum absolute atomic E-state index is 12.2. The van der Waals surface area contributed by atoms with Crippen LogP contribution in [0.3, 0.4) is 0 Å². The van der Waals surface area contributed by atoms with E-state index in [0.29, 0.717) is 23.4 Å². The highest BCUT2D eigenvalue weighted by Crippen LogP contribution is 2.35. The third kappa shape index (κ3) is 4.42. The van der Waals surface area contributed by atoms with Gasteiger partial charge in [-0.05, 0) is 47.6 Å². The largest absolute Gasteiger partial charge is 0.503 e. The first kappa shape index (κ1) is 15.2. The lowest BCUT2D eigenvalue weighted by Crippen LogP contribution is -2.24. The number of ether oxygens (including phenoxy) is 1. The number of phenolic OH excluding ortho intramolecular Hbond substituents is 1. The molecule has 0 heterocycles. The van der Waals surface area contributed by atoms with Gasteiger partial charge in [-0.3, -0.25) is 4.90 Å². The molecular weight excluding hydrogens is 308 g/mol. The monoisotopic (exact) mass is 323 g/mol. The lowest BCUT2D eigenvalue weighted by molar-refractivity contribution is 0.0975. The summed E-state index contributed by atoms with van der Waals surface area (Å²) in [4.78, 5) is 1.51. The molecule has 0 amide bonds. The van der Waals surface area contributed by atoms with Gasteiger partial charge in [0.05, 0.1) is 17.6 Å². The number of aromatic hydroxyl groups is 1. The molecule has 18 heavy (non-hydrogen) atoms. The predicted octanol–water partition coefficient (Wildman–Crippen LogP) is 3.25. The molecule has 102 valence electrons. The molecule has 0 fully saturated rings. The van der Waals surface area contributed by atoms with E-state index >= 15 is 0 Å². The van der Waals surface area contributed by atoms with Gasteiger partial charge in [0.1, 0.15) is 0 Å². The Kier molecular flexibility index (Phi) is 5.81. The molecular formula is C12H16BrF2NO2. The summed E-state index contributed by atoms with van der Waals surface area (Å²) in [7, 11) is 1.62. The Morgan fingerprint density at radius 2 is 2.11 bits per heavy atom. The minimum Gasteiger partial charge on any atom is -0.503 e. The Labute approximate surface area is 113 Å². The van der Waals surface area contributed by atoms with Crippen molar-refractivity contribution in [3.8, 4) is 11.5 Å². The second-order valence-corrected chi connectivity index (χ2v) is 4.80. The maximum Gasteiger partial charge on any atom is 0.251 e. The van der Waals surface area contributed by atoms with Crippen LogP contribution in [-0.4, -0.2) is 36.6 Å². The molecule has 0 aromatic heterocycles. The van der Waals surface area contributed by atoms with Crippen LogP contribution in [-0.2, 0) is 6.54 Å². The lowest BCUT2D eigenvalue weighted by Gasteiger charge is -2.17. The molecule has 0 bridgehead atoms. The van der Waals surface area contributed by atoms with Gasteiger partial charge in [0.25, 0.3) is 6.43 Å². The molecule has 0 aliphatic rings. The second-order valence-electron chi connectivity index (χ2n) is 3.95. The summed E-state index contributed by atoms with van der Waals surface area (Å²) in [6.45, 7) is 2.31. The molecule has 0 saturated heterocycles. The van der Waals surface area contributed by atoms with E-state index in [1.165, 1.54) is 4.90 Å². The molecule has 0 aliphatic carbocycles. The zero-order valence-electron chi connectivity index (χ0n) is 10.3. The first-order chi connectivity index (χ1) is 8.43. The second kappa shape index (κ2) is 6.89. The fourth-order valence-electron chi connectivity index (χ4n) is 1.60. The third-order valence-corrected chi connectivity index (χ3v) is 2.89. The quantitative estimate of drug-likeness (QED) is 0.872. The Morgan fingerprint density at radius 3 is 2.67 bits per heavy atom. The number of rotatable bonds is 6. The fraction of sp³-hybridized carbons (Fsp3) is 0.500. The zero-order valence-corrected chi connectivity index (χ0v) is 11.9. The van der Waals surface area contributed by atoms with Crippen molar-refractivity contribution in [3.05, 3.63) is 22.2 Å². The van der Waals surface area contributed by atoms with Gasteiger partial charge in [-0.15, -0.1) is 0 Å². The lowest BCUT2D eigenvalue weighted by atomic mass is 10.2. The van der Waals surface area contributed by atoms with Crippen molar-refractivity contribution in [1.82, 2.24) is 4.90 Å². The molecule has 1 rings (SSSR count). The molecule has 0 aliphatic heterocycles. The van der Waals surface area contributed by atoms with Gasteiger partial charge >= 0.3 is 0 Å². The van der Waals surface area contributed by atoms with Crippen LogP contribution in [0.2, 0.25) is 0 Å². The Bertz CT molecular complexity index is 402. The summed E-state index contributed by atoms with van der Waals surface area (Å²) >= 11 is 3.21. The topological polar surface area (TPSA) is 32.7 Å². The number of benzene rings is 1. The SMILES string of the molecule is CCOc1cc(CN(C)CC(F)F)cc(Br)c1O. The number of hydrogen-bond acceptors (Lipinski definition) is 3. The summed E-state index contributed by atoms with van der Waals surface area (Å²) in [5, 5.41) is 9.73. The standard InChI is InChI=1S/C12H16BrF2NO2/c1-3-18-10-5-8(4-9(13)12(10)17)6-16(2)7-11(14)15/h4-5,11,17H,3,6-7H2,1-2H3. The van der Waals surface area contributed by atoms with Crippen LogP contribution in [0, 0.1) is 0 Å². The number of hydrogen-bond donors (Lipinski definition) is 1. The average molecular weight is 324 g/mol. The summed E-state index contributed by atoms with van der Waals surface area (Å²) < 4.78 is 30.2. The van der Waals surface area contributed by atoms with Gasteiger partial charge in [0.2, 0.25) is 0 Å². The summed E-state index contributed by atoms with van der Waals surface area (Å²) in [6, 6.07) is 3.35. The van der Waals surface area contributed by atoms with Gasteiger partial charge in [-0.1, -0.05) is 0 Å². The van der Waals surface area contributed by atoms with Crippen molar-refractivity contribution < 1.29 is 18.6 Å². The van der Waals surface area contributed by atoms with Gasteiger partial charge in [0.15, 0.2) is 11.5 Å². The van der Waals surface area contributed by atoms with Crippen molar-refractivity contribution in [3.63, 3.8) is 0 Å². The highest BCUT2D eigenvalue weighted by atomic mass is 79.9. The van der Waals surface area contributed by atoms with E-state index < -0.39 is 6.43 Å². The number of phenols is 1. The smallest absolute Gasteiger partial charge is 0.251 e. The minimum atomic E-state index is -2.36. The number of alkyl halides is 2. The van der Waals surface area contributed by atoms with E-state index in [0.717, 1.165) is 5.56 Å². The zero-order chi connectivity index (χ0) is 13.7. The first-order valence-electron chi connectivity index (χ1n) is 5.55. The van der Waals surface area contributed by atoms with Gasteiger partial charge in [-0.2, -0.15) is 0 Å². The van der Waals surface area contributed by atoms with Gasteiger partial charge in [-0.25, -0.2) is 8.78 Å². The molecule has 1 aromatic carbocycles. The van der Waals surface area contributed by atoms with Crippen LogP contribution in [0.25, 0.3) is 0 Å². The van der Waals surface area contributed by atoms with Crippen LogP contribution < -0.4 is 4.74 Å². The van der Waals surface area contributed by atoms with E-state index in [1.807, 2.05) is 6.92 Å². The fourth-order valence-corrected chi connectivity index (χ4v) is 2.09. The van der Waals surface area contributed by atoms with Gasteiger partial charge < -0.3 is 9.84 Å². The summed E-state index contributed by atoms with van der Waals surface area (Å²) in [5.41, 5.74) is 0.797. The third-order valence-electron chi connectivity index (χ3n) is 2.29. The summed E-state index contributed by atoms with van der Waals surface area (Å²) in [5.74, 6) is 0.379. The van der Waals surface area contributed by atoms with E-state index in [4.69, 9.17) is 4.74 Å². The van der Waals surface area contributed by atoms with E-state index in [2.05, 4.69) is 15.9 Å². The normalized spacial score (nSPS) is 11.3. The number of halogens is 3. The van der Waals surface area contributed by atoms with Crippen LogP contribution in [0.1, 0.15) is 12.5 Å². The van der Waals surface area contributed by atoms with Crippen molar-refractivity contribution >= 4 is 15.9 Å². The molecule has 0 radical (unpaired) electrons. The molecule has 0 unspecified atom stereocenters. The van der Waals surface area contributed by atoms with E-state index in [9.17, 15) is 13.9 Å². The van der Waals surface area contributed by atoms with Crippen molar-refractivity contribution in [2.45, 2.75) is 19.9 Å². The molecule has 3 nitrogen and oxygen atoms in total. The number of nitrogens with zero attached hydrogens (tertiary/aromatic N) is 1. The molecule has 0 spiro atoms. The highest BCUT2D eigenvalue weighted by Gasteiger charge is 2.12. The molecule has 1 aromatic rings. The van der Waals surface area contributed by atoms with E-state index in [-0.39, 0.29) is 12.3 Å². The Morgan fingerprint density at radius 1 is 1.44 bits per heavy atom.